The molecule has 0 bridgehead atoms. The average Bonchev–Trinajstić information content (AvgIpc) is 3.36. The zero-order valence-corrected chi connectivity index (χ0v) is 18.7. The first-order valence-corrected chi connectivity index (χ1v) is 10.4. The topological polar surface area (TPSA) is 76.3 Å². The fraction of sp³-hybridized carbons (Fsp3) is 0.231. The van der Waals surface area contributed by atoms with E-state index >= 15 is 0 Å². The van der Waals surface area contributed by atoms with Gasteiger partial charge in [-0.3, -0.25) is 4.79 Å². The van der Waals surface area contributed by atoms with Crippen molar-refractivity contribution in [2.24, 2.45) is 0 Å². The molecule has 4 rings (SSSR count). The summed E-state index contributed by atoms with van der Waals surface area (Å²) in [5.74, 6) is 0.935. The molecule has 2 heterocycles. The Morgan fingerprint density at radius 3 is 2.69 bits per heavy atom. The molecule has 1 amide bonds. The van der Waals surface area contributed by atoms with E-state index in [1.807, 2.05) is 50.2 Å². The number of hydrogen-bond acceptors (Lipinski definition) is 4. The van der Waals surface area contributed by atoms with Gasteiger partial charge in [0.2, 0.25) is 6.79 Å². The number of fused-ring (bicyclic) bond motifs is 1. The third kappa shape index (κ3) is 3.97. The van der Waals surface area contributed by atoms with Crippen LogP contribution in [0.25, 0.3) is 11.8 Å². The highest BCUT2D eigenvalue weighted by Crippen LogP contribution is 2.32. The predicted octanol–water partition coefficient (Wildman–Crippen LogP) is 4.66. The number of ether oxygens (including phenoxy) is 2. The molecule has 0 radical (unpaired) electrons. The van der Waals surface area contributed by atoms with Crippen molar-refractivity contribution in [3.8, 4) is 23.3 Å². The van der Waals surface area contributed by atoms with Crippen LogP contribution >= 0.6 is 0 Å². The summed E-state index contributed by atoms with van der Waals surface area (Å²) in [6.07, 6.45) is 1.65. The Balaban J connectivity index is 1.56. The van der Waals surface area contributed by atoms with Crippen molar-refractivity contribution in [2.75, 3.05) is 6.79 Å². The molecule has 3 aromatic rings. The van der Waals surface area contributed by atoms with E-state index in [1.54, 1.807) is 6.08 Å². The van der Waals surface area contributed by atoms with Crippen molar-refractivity contribution >= 4 is 12.0 Å². The van der Waals surface area contributed by atoms with Crippen molar-refractivity contribution in [1.29, 1.82) is 5.26 Å². The van der Waals surface area contributed by atoms with Crippen LogP contribution in [0.2, 0.25) is 0 Å². The van der Waals surface area contributed by atoms with Crippen LogP contribution in [0.1, 0.15) is 33.6 Å². The van der Waals surface area contributed by atoms with Gasteiger partial charge in [0.15, 0.2) is 11.5 Å². The number of aryl methyl sites for hydroxylation is 2. The second-order valence-electron chi connectivity index (χ2n) is 7.92. The van der Waals surface area contributed by atoms with E-state index in [9.17, 15) is 10.1 Å². The number of carbonyl (C=O) groups excluding carboxylic acids is 1. The first kappa shape index (κ1) is 21.3. The average molecular weight is 428 g/mol. The monoisotopic (exact) mass is 427 g/mol. The van der Waals surface area contributed by atoms with Crippen molar-refractivity contribution in [2.45, 2.75) is 34.2 Å². The molecule has 0 atom stereocenters. The van der Waals surface area contributed by atoms with E-state index < -0.39 is 5.91 Å². The Morgan fingerprint density at radius 2 is 1.91 bits per heavy atom. The molecule has 0 fully saturated rings. The van der Waals surface area contributed by atoms with E-state index in [-0.39, 0.29) is 18.9 Å². The third-order valence-electron chi connectivity index (χ3n) is 5.84. The van der Waals surface area contributed by atoms with Crippen LogP contribution in [0, 0.1) is 39.0 Å². The van der Waals surface area contributed by atoms with Crippen LogP contribution in [0.4, 0.5) is 0 Å². The van der Waals surface area contributed by atoms with E-state index in [0.29, 0.717) is 11.5 Å². The molecule has 0 aliphatic carbocycles. The van der Waals surface area contributed by atoms with Crippen LogP contribution < -0.4 is 14.8 Å². The maximum absolute atomic E-state index is 12.7. The summed E-state index contributed by atoms with van der Waals surface area (Å²) in [6.45, 7) is 8.70. The quantitative estimate of drug-likeness (QED) is 0.474. The smallest absolute Gasteiger partial charge is 0.262 e. The molecule has 6 heteroatoms. The Morgan fingerprint density at radius 1 is 1.12 bits per heavy atom. The number of nitrogens with one attached hydrogen (secondary N) is 1. The maximum atomic E-state index is 12.7. The molecule has 1 aromatic heterocycles. The van der Waals surface area contributed by atoms with Gasteiger partial charge < -0.3 is 19.4 Å². The lowest BCUT2D eigenvalue weighted by Gasteiger charge is -2.14. The number of aromatic nitrogens is 1. The summed E-state index contributed by atoms with van der Waals surface area (Å²) in [5.41, 5.74) is 7.32. The van der Waals surface area contributed by atoms with Gasteiger partial charge in [-0.15, -0.1) is 0 Å². The molecule has 2 aromatic carbocycles. The van der Waals surface area contributed by atoms with Gasteiger partial charge in [0, 0.05) is 23.6 Å². The molecule has 162 valence electrons. The fourth-order valence-corrected chi connectivity index (χ4v) is 3.91. The SMILES string of the molecule is Cc1cccc(-n2c(C)cc(/C=C(\C#N)C(=O)NCc3ccc4c(c3)OCO4)c2C)c1C. The lowest BCUT2D eigenvalue weighted by atomic mass is 10.1. The van der Waals surface area contributed by atoms with Gasteiger partial charge in [-0.1, -0.05) is 18.2 Å². The molecule has 0 unspecified atom stereocenters. The number of nitrogens with zero attached hydrogens (tertiary/aromatic N) is 2. The largest absolute Gasteiger partial charge is 0.454 e. The highest BCUT2D eigenvalue weighted by Gasteiger charge is 2.16. The Bertz CT molecular complexity index is 1280. The Labute approximate surface area is 187 Å². The molecule has 6 nitrogen and oxygen atoms in total. The molecule has 0 spiro atoms. The van der Waals surface area contributed by atoms with Crippen LogP contribution in [-0.2, 0) is 11.3 Å². The van der Waals surface area contributed by atoms with Gasteiger partial charge in [0.25, 0.3) is 5.91 Å². The summed E-state index contributed by atoms with van der Waals surface area (Å²) in [7, 11) is 0. The van der Waals surface area contributed by atoms with Crippen molar-refractivity contribution < 1.29 is 14.3 Å². The second kappa shape index (κ2) is 8.64. The summed E-state index contributed by atoms with van der Waals surface area (Å²) in [6, 6.07) is 15.8. The first-order valence-electron chi connectivity index (χ1n) is 10.4. The minimum absolute atomic E-state index is 0.0620. The Kier molecular flexibility index (Phi) is 5.74. The Hall–Kier alpha value is -3.98. The number of carbonyl (C=O) groups is 1. The first-order chi connectivity index (χ1) is 15.4. The van der Waals surface area contributed by atoms with Crippen LogP contribution in [0.5, 0.6) is 11.5 Å². The molecular weight excluding hydrogens is 402 g/mol. The second-order valence-corrected chi connectivity index (χ2v) is 7.92. The summed E-state index contributed by atoms with van der Waals surface area (Å²) < 4.78 is 12.8. The van der Waals surface area contributed by atoms with Crippen LogP contribution in [0.3, 0.4) is 0 Å². The normalized spacial score (nSPS) is 12.5. The van der Waals surface area contributed by atoms with Gasteiger partial charge in [-0.05, 0) is 80.3 Å². The number of amides is 1. The van der Waals surface area contributed by atoms with Crippen molar-refractivity contribution in [3.05, 3.63) is 81.7 Å². The third-order valence-corrected chi connectivity index (χ3v) is 5.84. The van der Waals surface area contributed by atoms with Crippen molar-refractivity contribution in [1.82, 2.24) is 9.88 Å². The zero-order valence-electron chi connectivity index (χ0n) is 18.7. The van der Waals surface area contributed by atoms with Gasteiger partial charge >= 0.3 is 0 Å². The van der Waals surface area contributed by atoms with Crippen LogP contribution in [0.15, 0.2) is 48.0 Å². The molecule has 1 aliphatic heterocycles. The van der Waals surface area contributed by atoms with E-state index in [1.165, 1.54) is 11.1 Å². The van der Waals surface area contributed by atoms with Gasteiger partial charge in [-0.2, -0.15) is 5.26 Å². The molecule has 0 saturated carbocycles. The summed E-state index contributed by atoms with van der Waals surface area (Å²) in [5, 5.41) is 12.4. The lowest BCUT2D eigenvalue weighted by Crippen LogP contribution is -2.23. The van der Waals surface area contributed by atoms with Gasteiger partial charge in [0.05, 0.1) is 0 Å². The zero-order chi connectivity index (χ0) is 22.8. The molecule has 32 heavy (non-hydrogen) atoms. The number of nitriles is 1. The molecular formula is C26H25N3O3. The van der Waals surface area contributed by atoms with E-state index in [0.717, 1.165) is 28.2 Å². The van der Waals surface area contributed by atoms with E-state index in [4.69, 9.17) is 9.47 Å². The van der Waals surface area contributed by atoms with E-state index in [2.05, 4.69) is 35.9 Å². The van der Waals surface area contributed by atoms with Crippen LogP contribution in [-0.4, -0.2) is 17.3 Å². The summed E-state index contributed by atoms with van der Waals surface area (Å²) in [4.78, 5) is 12.7. The highest BCUT2D eigenvalue weighted by molar-refractivity contribution is 6.01. The minimum Gasteiger partial charge on any atom is -0.454 e. The number of benzene rings is 2. The predicted molar refractivity (Wildman–Crippen MR) is 123 cm³/mol. The highest BCUT2D eigenvalue weighted by atomic mass is 16.7. The standard InChI is InChI=1S/C26H25N3O3/c1-16-6-5-7-23(18(16)3)29-17(2)10-21(19(29)4)12-22(13-27)26(30)28-14-20-8-9-24-25(11-20)32-15-31-24/h5-12H,14-15H2,1-4H3,(H,28,30)/b22-12+. The fourth-order valence-electron chi connectivity index (χ4n) is 3.91. The number of hydrogen-bond donors (Lipinski definition) is 1. The van der Waals surface area contributed by atoms with Gasteiger partial charge in [0.1, 0.15) is 11.6 Å². The maximum Gasteiger partial charge on any atom is 0.262 e. The molecule has 0 saturated heterocycles. The lowest BCUT2D eigenvalue weighted by molar-refractivity contribution is -0.117. The number of rotatable bonds is 5. The minimum atomic E-state index is -0.415. The van der Waals surface area contributed by atoms with Gasteiger partial charge in [-0.25, -0.2) is 0 Å². The summed E-state index contributed by atoms with van der Waals surface area (Å²) >= 11 is 0. The van der Waals surface area contributed by atoms with Crippen molar-refractivity contribution in [3.63, 3.8) is 0 Å². The molecule has 1 N–H and O–H groups in total. The molecule has 1 aliphatic rings.